The molecule has 0 aromatic carbocycles. The van der Waals surface area contributed by atoms with E-state index in [1.165, 1.54) is 0 Å². The van der Waals surface area contributed by atoms with Crippen LogP contribution in [0.25, 0.3) is 11.1 Å². The van der Waals surface area contributed by atoms with Crippen LogP contribution in [-0.4, -0.2) is 34.1 Å². The molecule has 0 bridgehead atoms. The van der Waals surface area contributed by atoms with Crippen molar-refractivity contribution < 1.29 is 0 Å². The summed E-state index contributed by atoms with van der Waals surface area (Å²) in [5.74, 6) is 0.696. The summed E-state index contributed by atoms with van der Waals surface area (Å²) in [7, 11) is 0. The molecule has 0 amide bonds. The van der Waals surface area contributed by atoms with Gasteiger partial charge in [0, 0.05) is 42.9 Å². The van der Waals surface area contributed by atoms with E-state index in [4.69, 9.17) is 0 Å². The van der Waals surface area contributed by atoms with Crippen LogP contribution in [0.1, 0.15) is 6.42 Å². The zero-order valence-electron chi connectivity index (χ0n) is 10.0. The Labute approximate surface area is 106 Å². The number of rotatable bonds is 3. The Morgan fingerprint density at radius 1 is 1.11 bits per heavy atom. The monoisotopic (exact) mass is 241 g/mol. The molecule has 2 aromatic rings. The normalized spacial score (nSPS) is 18.8. The van der Waals surface area contributed by atoms with Gasteiger partial charge in [0.25, 0.3) is 0 Å². The maximum Gasteiger partial charge on any atom is 0.222 e. The van der Waals surface area contributed by atoms with E-state index in [2.05, 4.69) is 25.6 Å². The minimum Gasteiger partial charge on any atom is -0.350 e. The predicted octanol–water partition coefficient (Wildman–Crippen LogP) is 1.31. The molecule has 2 aromatic heterocycles. The van der Waals surface area contributed by atoms with Gasteiger partial charge in [-0.05, 0) is 30.7 Å². The van der Waals surface area contributed by atoms with Crippen LogP contribution < -0.4 is 10.6 Å². The van der Waals surface area contributed by atoms with Crippen molar-refractivity contribution in [1.29, 1.82) is 0 Å². The average molecular weight is 241 g/mol. The first-order valence-corrected chi connectivity index (χ1v) is 6.11. The van der Waals surface area contributed by atoms with Crippen molar-refractivity contribution in [3.05, 3.63) is 36.9 Å². The molecule has 3 heterocycles. The molecule has 1 fully saturated rings. The van der Waals surface area contributed by atoms with Crippen LogP contribution in [0.4, 0.5) is 5.95 Å². The summed E-state index contributed by atoms with van der Waals surface area (Å²) in [6.45, 7) is 2.04. The van der Waals surface area contributed by atoms with Gasteiger partial charge in [-0.1, -0.05) is 0 Å². The van der Waals surface area contributed by atoms with Crippen molar-refractivity contribution in [3.8, 4) is 11.1 Å². The number of nitrogens with zero attached hydrogens (tertiary/aromatic N) is 3. The van der Waals surface area contributed by atoms with Crippen molar-refractivity contribution in [2.24, 2.45) is 0 Å². The maximum absolute atomic E-state index is 4.35. The lowest BCUT2D eigenvalue weighted by molar-refractivity contribution is 0.780. The first kappa shape index (κ1) is 11.1. The van der Waals surface area contributed by atoms with Crippen LogP contribution in [0, 0.1) is 0 Å². The molecule has 0 spiro atoms. The van der Waals surface area contributed by atoms with E-state index in [0.29, 0.717) is 12.0 Å². The highest BCUT2D eigenvalue weighted by Gasteiger charge is 2.14. The second-order valence-corrected chi connectivity index (χ2v) is 4.37. The van der Waals surface area contributed by atoms with Crippen LogP contribution >= 0.6 is 0 Å². The van der Waals surface area contributed by atoms with Gasteiger partial charge in [0.15, 0.2) is 0 Å². The fraction of sp³-hybridized carbons (Fsp3) is 0.308. The zero-order valence-corrected chi connectivity index (χ0v) is 10.0. The van der Waals surface area contributed by atoms with E-state index in [1.54, 1.807) is 12.4 Å². The highest BCUT2D eigenvalue weighted by atomic mass is 15.1. The van der Waals surface area contributed by atoms with E-state index < -0.39 is 0 Å². The van der Waals surface area contributed by atoms with Gasteiger partial charge in [0.2, 0.25) is 5.95 Å². The zero-order chi connectivity index (χ0) is 12.2. The quantitative estimate of drug-likeness (QED) is 0.848. The van der Waals surface area contributed by atoms with Crippen LogP contribution in [-0.2, 0) is 0 Å². The van der Waals surface area contributed by atoms with E-state index in [1.807, 2.05) is 24.5 Å². The van der Waals surface area contributed by atoms with Crippen molar-refractivity contribution >= 4 is 5.95 Å². The molecular weight excluding hydrogens is 226 g/mol. The Bertz CT molecular complexity index is 491. The number of anilines is 1. The van der Waals surface area contributed by atoms with Gasteiger partial charge in [-0.25, -0.2) is 9.97 Å². The summed E-state index contributed by atoms with van der Waals surface area (Å²) in [6.07, 6.45) is 8.34. The number of hydrogen-bond acceptors (Lipinski definition) is 5. The molecule has 1 aliphatic heterocycles. The van der Waals surface area contributed by atoms with Crippen molar-refractivity contribution in [3.63, 3.8) is 0 Å². The molecule has 18 heavy (non-hydrogen) atoms. The lowest BCUT2D eigenvalue weighted by Crippen LogP contribution is -2.23. The third-order valence-corrected chi connectivity index (χ3v) is 3.06. The Morgan fingerprint density at radius 3 is 2.56 bits per heavy atom. The van der Waals surface area contributed by atoms with Gasteiger partial charge in [0.05, 0.1) is 0 Å². The summed E-state index contributed by atoms with van der Waals surface area (Å²) in [4.78, 5) is 12.7. The van der Waals surface area contributed by atoms with Crippen LogP contribution in [0.3, 0.4) is 0 Å². The number of aromatic nitrogens is 3. The van der Waals surface area contributed by atoms with E-state index >= 15 is 0 Å². The number of nitrogens with one attached hydrogen (secondary N) is 2. The summed E-state index contributed by atoms with van der Waals surface area (Å²) < 4.78 is 0. The van der Waals surface area contributed by atoms with Gasteiger partial charge in [-0.2, -0.15) is 0 Å². The Morgan fingerprint density at radius 2 is 1.89 bits per heavy atom. The highest BCUT2D eigenvalue weighted by molar-refractivity contribution is 5.61. The molecule has 3 rings (SSSR count). The molecule has 1 saturated heterocycles. The Balaban J connectivity index is 1.72. The summed E-state index contributed by atoms with van der Waals surface area (Å²) in [6, 6.07) is 4.34. The molecule has 2 N–H and O–H groups in total. The van der Waals surface area contributed by atoms with Gasteiger partial charge in [-0.15, -0.1) is 0 Å². The summed E-state index contributed by atoms with van der Waals surface area (Å²) in [5, 5.41) is 6.63. The van der Waals surface area contributed by atoms with Crippen molar-refractivity contribution in [1.82, 2.24) is 20.3 Å². The Kier molecular flexibility index (Phi) is 3.14. The SMILES string of the molecule is c1cc(-c2cnc(NC3CCNC3)nc2)ccn1. The lowest BCUT2D eigenvalue weighted by Gasteiger charge is -2.10. The second kappa shape index (κ2) is 5.10. The number of pyridine rings is 1. The molecule has 5 nitrogen and oxygen atoms in total. The van der Waals surface area contributed by atoms with E-state index in [9.17, 15) is 0 Å². The fourth-order valence-corrected chi connectivity index (χ4v) is 2.06. The van der Waals surface area contributed by atoms with Crippen molar-refractivity contribution in [2.45, 2.75) is 12.5 Å². The largest absolute Gasteiger partial charge is 0.350 e. The minimum atomic E-state index is 0.441. The van der Waals surface area contributed by atoms with Gasteiger partial charge in [0.1, 0.15) is 0 Å². The first-order chi connectivity index (χ1) is 8.92. The molecule has 5 heteroatoms. The molecule has 0 aliphatic carbocycles. The molecule has 1 atom stereocenters. The van der Waals surface area contributed by atoms with Gasteiger partial charge < -0.3 is 10.6 Å². The highest BCUT2D eigenvalue weighted by Crippen LogP contribution is 2.17. The van der Waals surface area contributed by atoms with Crippen LogP contribution in [0.2, 0.25) is 0 Å². The van der Waals surface area contributed by atoms with Crippen LogP contribution in [0.5, 0.6) is 0 Å². The predicted molar refractivity (Wildman–Crippen MR) is 70.2 cm³/mol. The number of hydrogen-bond donors (Lipinski definition) is 2. The molecule has 0 saturated carbocycles. The molecule has 92 valence electrons. The first-order valence-electron chi connectivity index (χ1n) is 6.11. The average Bonchev–Trinajstić information content (AvgIpc) is 2.94. The summed E-state index contributed by atoms with van der Waals surface area (Å²) >= 11 is 0. The third-order valence-electron chi connectivity index (χ3n) is 3.06. The molecule has 0 radical (unpaired) electrons. The van der Waals surface area contributed by atoms with Gasteiger partial charge in [-0.3, -0.25) is 4.98 Å². The maximum atomic E-state index is 4.35. The van der Waals surface area contributed by atoms with E-state index in [0.717, 1.165) is 30.6 Å². The topological polar surface area (TPSA) is 62.7 Å². The minimum absolute atomic E-state index is 0.441. The molecular formula is C13H15N5. The molecule has 1 aliphatic rings. The summed E-state index contributed by atoms with van der Waals surface area (Å²) in [5.41, 5.74) is 2.09. The second-order valence-electron chi connectivity index (χ2n) is 4.37. The van der Waals surface area contributed by atoms with Crippen LogP contribution in [0.15, 0.2) is 36.9 Å². The van der Waals surface area contributed by atoms with Gasteiger partial charge >= 0.3 is 0 Å². The van der Waals surface area contributed by atoms with Crippen molar-refractivity contribution in [2.75, 3.05) is 18.4 Å². The standard InChI is InChI=1S/C13H15N5/c1-4-14-5-2-10(1)11-7-16-13(17-8-11)18-12-3-6-15-9-12/h1-2,4-5,7-8,12,15H,3,6,9H2,(H,16,17,18). The fourth-order valence-electron chi connectivity index (χ4n) is 2.06. The third kappa shape index (κ3) is 2.46. The smallest absolute Gasteiger partial charge is 0.222 e. The lowest BCUT2D eigenvalue weighted by atomic mass is 10.1. The molecule has 1 unspecified atom stereocenters. The van der Waals surface area contributed by atoms with E-state index in [-0.39, 0.29) is 0 Å². The Hall–Kier alpha value is -2.01.